The van der Waals surface area contributed by atoms with Crippen molar-refractivity contribution in [3.05, 3.63) is 42.5 Å². The second-order valence-electron chi connectivity index (χ2n) is 5.13. The van der Waals surface area contributed by atoms with Crippen LogP contribution in [0.4, 0.5) is 5.69 Å². The van der Waals surface area contributed by atoms with E-state index in [-0.39, 0.29) is 6.61 Å². The first-order valence-electron chi connectivity index (χ1n) is 6.54. The molecule has 0 aromatic heterocycles. The zero-order chi connectivity index (χ0) is 13.0. The van der Waals surface area contributed by atoms with Gasteiger partial charge >= 0.3 is 0 Å². The van der Waals surface area contributed by atoms with Gasteiger partial charge in [0.2, 0.25) is 0 Å². The molecular formula is C16H21NO. The van der Waals surface area contributed by atoms with Gasteiger partial charge in [0.1, 0.15) is 0 Å². The van der Waals surface area contributed by atoms with E-state index >= 15 is 0 Å². The number of hydrogen-bond acceptors (Lipinski definition) is 2. The summed E-state index contributed by atoms with van der Waals surface area (Å²) in [5.74, 6) is 0.791. The molecule has 2 aromatic rings. The van der Waals surface area contributed by atoms with Gasteiger partial charge < -0.3 is 10.4 Å². The molecule has 0 spiro atoms. The lowest BCUT2D eigenvalue weighted by molar-refractivity contribution is 0.198. The number of aliphatic hydroxyl groups excluding tert-OH is 1. The predicted octanol–water partition coefficient (Wildman–Crippen LogP) is 3.52. The Morgan fingerprint density at radius 2 is 1.78 bits per heavy atom. The lowest BCUT2D eigenvalue weighted by atomic mass is 9.97. The molecule has 18 heavy (non-hydrogen) atoms. The van der Waals surface area contributed by atoms with Crippen LogP contribution in [0.5, 0.6) is 0 Å². The summed E-state index contributed by atoms with van der Waals surface area (Å²) >= 11 is 0. The van der Waals surface area contributed by atoms with Gasteiger partial charge in [-0.1, -0.05) is 44.2 Å². The van der Waals surface area contributed by atoms with E-state index in [1.54, 1.807) is 0 Å². The molecular weight excluding hydrogens is 222 g/mol. The van der Waals surface area contributed by atoms with Gasteiger partial charge in [-0.25, -0.2) is 0 Å². The Morgan fingerprint density at radius 1 is 1.06 bits per heavy atom. The van der Waals surface area contributed by atoms with E-state index in [1.165, 1.54) is 10.8 Å². The van der Waals surface area contributed by atoms with Crippen molar-refractivity contribution in [3.8, 4) is 0 Å². The van der Waals surface area contributed by atoms with Crippen LogP contribution in [0.2, 0.25) is 0 Å². The van der Waals surface area contributed by atoms with Crippen molar-refractivity contribution in [2.75, 3.05) is 18.5 Å². The normalized spacial score (nSPS) is 12.9. The van der Waals surface area contributed by atoms with E-state index in [2.05, 4.69) is 61.6 Å². The summed E-state index contributed by atoms with van der Waals surface area (Å²) in [6, 6.07) is 14.7. The lowest BCUT2D eigenvalue weighted by Gasteiger charge is -2.19. The predicted molar refractivity (Wildman–Crippen MR) is 77.9 cm³/mol. The van der Waals surface area contributed by atoms with Crippen molar-refractivity contribution >= 4 is 16.5 Å². The van der Waals surface area contributed by atoms with Crippen molar-refractivity contribution in [1.82, 2.24) is 0 Å². The summed E-state index contributed by atoms with van der Waals surface area (Å²) in [5.41, 5.74) is 1.12. The SMILES string of the molecule is CC(C)C(CO)CNc1ccc2ccccc2c1. The van der Waals surface area contributed by atoms with Gasteiger partial charge in [-0.3, -0.25) is 0 Å². The molecule has 0 heterocycles. The van der Waals surface area contributed by atoms with Crippen LogP contribution in [-0.4, -0.2) is 18.3 Å². The molecule has 0 bridgehead atoms. The smallest absolute Gasteiger partial charge is 0.0478 e. The largest absolute Gasteiger partial charge is 0.396 e. The topological polar surface area (TPSA) is 32.3 Å². The highest BCUT2D eigenvalue weighted by Crippen LogP contribution is 2.19. The van der Waals surface area contributed by atoms with Crippen molar-refractivity contribution in [3.63, 3.8) is 0 Å². The van der Waals surface area contributed by atoms with Crippen LogP contribution < -0.4 is 5.32 Å². The minimum atomic E-state index is 0.234. The van der Waals surface area contributed by atoms with Crippen LogP contribution in [0, 0.1) is 11.8 Å². The molecule has 96 valence electrons. The van der Waals surface area contributed by atoms with Gasteiger partial charge in [-0.05, 0) is 28.8 Å². The minimum Gasteiger partial charge on any atom is -0.396 e. The molecule has 2 rings (SSSR count). The van der Waals surface area contributed by atoms with Crippen molar-refractivity contribution in [1.29, 1.82) is 0 Å². The van der Waals surface area contributed by atoms with Crippen molar-refractivity contribution in [2.24, 2.45) is 11.8 Å². The highest BCUT2D eigenvalue weighted by molar-refractivity contribution is 5.85. The standard InChI is InChI=1S/C16H21NO/c1-12(2)15(11-18)10-17-16-8-7-13-5-3-4-6-14(13)9-16/h3-9,12,15,17-18H,10-11H2,1-2H3. The Bertz CT molecular complexity index is 507. The second-order valence-corrected chi connectivity index (χ2v) is 5.13. The third kappa shape index (κ3) is 3.02. The first-order valence-corrected chi connectivity index (χ1v) is 6.54. The molecule has 0 aliphatic rings. The Kier molecular flexibility index (Phi) is 4.21. The van der Waals surface area contributed by atoms with Gasteiger partial charge in [0.15, 0.2) is 0 Å². The van der Waals surface area contributed by atoms with Gasteiger partial charge in [-0.2, -0.15) is 0 Å². The van der Waals surface area contributed by atoms with Crippen LogP contribution in [0.1, 0.15) is 13.8 Å². The van der Waals surface area contributed by atoms with E-state index in [9.17, 15) is 5.11 Å². The molecule has 2 N–H and O–H groups in total. The molecule has 0 fully saturated rings. The van der Waals surface area contributed by atoms with Crippen LogP contribution in [-0.2, 0) is 0 Å². The van der Waals surface area contributed by atoms with Gasteiger partial charge in [0.25, 0.3) is 0 Å². The Hall–Kier alpha value is -1.54. The van der Waals surface area contributed by atoms with Crippen LogP contribution in [0.25, 0.3) is 10.8 Å². The third-order valence-corrected chi connectivity index (χ3v) is 3.50. The number of hydrogen-bond donors (Lipinski definition) is 2. The molecule has 0 aliphatic heterocycles. The maximum Gasteiger partial charge on any atom is 0.0478 e. The third-order valence-electron chi connectivity index (χ3n) is 3.50. The van der Waals surface area contributed by atoms with E-state index < -0.39 is 0 Å². The molecule has 0 aliphatic carbocycles. The second kappa shape index (κ2) is 5.87. The summed E-state index contributed by atoms with van der Waals surface area (Å²) in [6.45, 7) is 5.33. The summed E-state index contributed by atoms with van der Waals surface area (Å²) in [5, 5.41) is 15.2. The van der Waals surface area contributed by atoms with E-state index in [4.69, 9.17) is 0 Å². The Morgan fingerprint density at radius 3 is 2.44 bits per heavy atom. The molecule has 2 nitrogen and oxygen atoms in total. The fourth-order valence-electron chi connectivity index (χ4n) is 2.06. The first kappa shape index (κ1) is 12.9. The zero-order valence-corrected chi connectivity index (χ0v) is 11.1. The number of anilines is 1. The van der Waals surface area contributed by atoms with E-state index in [0.29, 0.717) is 11.8 Å². The number of nitrogens with one attached hydrogen (secondary N) is 1. The summed E-state index contributed by atoms with van der Waals surface area (Å²) < 4.78 is 0. The maximum atomic E-state index is 9.31. The molecule has 2 aromatic carbocycles. The molecule has 2 heteroatoms. The highest BCUT2D eigenvalue weighted by atomic mass is 16.3. The molecule has 1 unspecified atom stereocenters. The van der Waals surface area contributed by atoms with Crippen LogP contribution in [0.3, 0.4) is 0 Å². The molecule has 0 amide bonds. The van der Waals surface area contributed by atoms with Crippen molar-refractivity contribution in [2.45, 2.75) is 13.8 Å². The summed E-state index contributed by atoms with van der Waals surface area (Å²) in [7, 11) is 0. The number of fused-ring (bicyclic) bond motifs is 1. The monoisotopic (exact) mass is 243 g/mol. The summed E-state index contributed by atoms with van der Waals surface area (Å²) in [6.07, 6.45) is 0. The van der Waals surface area contributed by atoms with Gasteiger partial charge in [-0.15, -0.1) is 0 Å². The zero-order valence-electron chi connectivity index (χ0n) is 11.1. The number of benzene rings is 2. The fourth-order valence-corrected chi connectivity index (χ4v) is 2.06. The van der Waals surface area contributed by atoms with E-state index in [0.717, 1.165) is 12.2 Å². The maximum absolute atomic E-state index is 9.31. The average Bonchev–Trinajstić information content (AvgIpc) is 2.39. The molecule has 0 radical (unpaired) electrons. The quantitative estimate of drug-likeness (QED) is 0.842. The average molecular weight is 243 g/mol. The Labute approximate surface area is 109 Å². The Balaban J connectivity index is 2.07. The molecule has 0 saturated carbocycles. The first-order chi connectivity index (χ1) is 8.70. The molecule has 0 saturated heterocycles. The summed E-state index contributed by atoms with van der Waals surface area (Å²) in [4.78, 5) is 0. The number of aliphatic hydroxyl groups is 1. The van der Waals surface area contributed by atoms with Gasteiger partial charge in [0, 0.05) is 24.8 Å². The fraction of sp³-hybridized carbons (Fsp3) is 0.375. The van der Waals surface area contributed by atoms with Gasteiger partial charge in [0.05, 0.1) is 0 Å². The van der Waals surface area contributed by atoms with Crippen LogP contribution >= 0.6 is 0 Å². The van der Waals surface area contributed by atoms with Crippen LogP contribution in [0.15, 0.2) is 42.5 Å². The van der Waals surface area contributed by atoms with E-state index in [1.807, 2.05) is 0 Å². The molecule has 1 atom stereocenters. The minimum absolute atomic E-state index is 0.234. The lowest BCUT2D eigenvalue weighted by Crippen LogP contribution is -2.22. The van der Waals surface area contributed by atoms with Crippen molar-refractivity contribution < 1.29 is 5.11 Å². The highest BCUT2D eigenvalue weighted by Gasteiger charge is 2.11. The number of rotatable bonds is 5.